The fourth-order valence-corrected chi connectivity index (χ4v) is 8.88. The zero-order chi connectivity index (χ0) is 23.0. The fourth-order valence-electron chi connectivity index (χ4n) is 8.88. The monoisotopic (exact) mass is 448 g/mol. The zero-order valence-corrected chi connectivity index (χ0v) is 18.6. The van der Waals surface area contributed by atoms with Crippen LogP contribution in [0.2, 0.25) is 0 Å². The molecule has 6 rings (SSSR count). The molecular weight excluding hydrogens is 416 g/mol. The van der Waals surface area contributed by atoms with Crippen LogP contribution in [-0.2, 0) is 28.7 Å². The van der Waals surface area contributed by atoms with Crippen molar-refractivity contribution in [3.8, 4) is 0 Å². The van der Waals surface area contributed by atoms with Crippen LogP contribution in [0.4, 0.5) is 0 Å². The fraction of sp³-hybridized carbons (Fsp3) is 0.833. The Morgan fingerprint density at radius 3 is 1.09 bits per heavy atom. The summed E-state index contributed by atoms with van der Waals surface area (Å²) in [4.78, 5) is 46.2. The van der Waals surface area contributed by atoms with Gasteiger partial charge in [0.15, 0.2) is 0 Å². The van der Waals surface area contributed by atoms with E-state index in [1.54, 1.807) is 0 Å². The summed E-state index contributed by atoms with van der Waals surface area (Å²) in [7, 11) is 2.71. The van der Waals surface area contributed by atoms with Gasteiger partial charge in [0.25, 0.3) is 0 Å². The van der Waals surface area contributed by atoms with Gasteiger partial charge in [-0.15, -0.1) is 0 Å². The van der Waals surface area contributed by atoms with Crippen LogP contribution in [0.25, 0.3) is 0 Å². The number of carbonyl (C=O) groups is 4. The number of carbonyl (C=O) groups excluding carboxylic acids is 2. The first kappa shape index (κ1) is 21.7. The smallest absolute Gasteiger partial charge is 0.309 e. The maximum Gasteiger partial charge on any atom is 0.309 e. The average Bonchev–Trinajstić information content (AvgIpc) is 3.64. The van der Waals surface area contributed by atoms with Crippen LogP contribution in [0.1, 0.15) is 51.4 Å². The van der Waals surface area contributed by atoms with Crippen molar-refractivity contribution in [2.24, 2.45) is 58.2 Å². The molecule has 0 radical (unpaired) electrons. The second-order valence-electron chi connectivity index (χ2n) is 10.9. The molecule has 0 aliphatic heterocycles. The predicted molar refractivity (Wildman–Crippen MR) is 109 cm³/mol. The number of methoxy groups -OCH3 is 2. The minimum Gasteiger partial charge on any atom is -0.481 e. The number of carboxylic acid groups (broad SMARTS) is 2. The van der Waals surface area contributed by atoms with Crippen LogP contribution in [0, 0.1) is 58.2 Å². The maximum atomic E-state index is 11.7. The largest absolute Gasteiger partial charge is 0.481 e. The van der Waals surface area contributed by atoms with Crippen LogP contribution in [0.15, 0.2) is 0 Å². The van der Waals surface area contributed by atoms with Gasteiger partial charge in [-0.2, -0.15) is 0 Å². The van der Waals surface area contributed by atoms with E-state index in [1.165, 1.54) is 14.2 Å². The summed E-state index contributed by atoms with van der Waals surface area (Å²) in [5, 5.41) is 18.6. The van der Waals surface area contributed by atoms with Gasteiger partial charge in [-0.1, -0.05) is 0 Å². The van der Waals surface area contributed by atoms with Crippen molar-refractivity contribution in [2.45, 2.75) is 51.4 Å². The lowest BCUT2D eigenvalue weighted by Crippen LogP contribution is -2.35. The van der Waals surface area contributed by atoms with E-state index < -0.39 is 23.8 Å². The van der Waals surface area contributed by atoms with Gasteiger partial charge >= 0.3 is 23.9 Å². The molecular formula is C24H32O8. The first-order valence-corrected chi connectivity index (χ1v) is 11.8. The Kier molecular flexibility index (Phi) is 4.88. The summed E-state index contributed by atoms with van der Waals surface area (Å²) in [5.41, 5.74) is 0.393. The Morgan fingerprint density at radius 2 is 0.875 bits per heavy atom. The standard InChI is InChI=1S/2C12H16O4/c2*1-16-11(15)9-7-3-2-6(8(9)10(13)14)12(7)4-5-12/h2*6-9H,2-5H2,1H3,(H,13,14)/t2*6-,7-,8+,9+/m10/s1. The van der Waals surface area contributed by atoms with Crippen molar-refractivity contribution in [1.29, 1.82) is 0 Å². The van der Waals surface area contributed by atoms with E-state index in [4.69, 9.17) is 9.47 Å². The number of esters is 2. The van der Waals surface area contributed by atoms with E-state index in [9.17, 15) is 29.4 Å². The van der Waals surface area contributed by atoms with Gasteiger partial charge in [-0.25, -0.2) is 0 Å². The van der Waals surface area contributed by atoms with Gasteiger partial charge < -0.3 is 19.7 Å². The van der Waals surface area contributed by atoms with Gasteiger partial charge in [0.05, 0.1) is 37.9 Å². The van der Waals surface area contributed by atoms with Crippen LogP contribution in [0.5, 0.6) is 0 Å². The third kappa shape index (κ3) is 2.73. The van der Waals surface area contributed by atoms with Crippen molar-refractivity contribution in [2.75, 3.05) is 14.2 Å². The molecule has 8 nitrogen and oxygen atoms in total. The van der Waals surface area contributed by atoms with Crippen molar-refractivity contribution in [3.63, 3.8) is 0 Å². The average molecular weight is 449 g/mol. The third-order valence-corrected chi connectivity index (χ3v) is 10.2. The van der Waals surface area contributed by atoms with Gasteiger partial charge in [0, 0.05) is 0 Å². The highest BCUT2D eigenvalue weighted by molar-refractivity contribution is 5.84. The van der Waals surface area contributed by atoms with Crippen LogP contribution in [-0.4, -0.2) is 48.3 Å². The van der Waals surface area contributed by atoms with Crippen LogP contribution in [0.3, 0.4) is 0 Å². The summed E-state index contributed by atoms with van der Waals surface area (Å²) >= 11 is 0. The molecule has 32 heavy (non-hydrogen) atoms. The summed E-state index contributed by atoms with van der Waals surface area (Å²) < 4.78 is 9.57. The number of rotatable bonds is 4. The Labute approximate surface area is 187 Å². The highest BCUT2D eigenvalue weighted by Crippen LogP contribution is 2.75. The molecule has 0 heterocycles. The predicted octanol–water partition coefficient (Wildman–Crippen LogP) is 2.59. The molecule has 2 N–H and O–H groups in total. The van der Waals surface area contributed by atoms with Crippen LogP contribution >= 0.6 is 0 Å². The van der Waals surface area contributed by atoms with Gasteiger partial charge in [0.2, 0.25) is 0 Å². The van der Waals surface area contributed by atoms with Crippen LogP contribution < -0.4 is 0 Å². The molecule has 176 valence electrons. The second-order valence-corrected chi connectivity index (χ2v) is 10.9. The van der Waals surface area contributed by atoms with Crippen molar-refractivity contribution in [3.05, 3.63) is 0 Å². The molecule has 2 spiro atoms. The Hall–Kier alpha value is -2.12. The number of carboxylic acids is 2. The minimum absolute atomic E-state index is 0.196. The van der Waals surface area contributed by atoms with Crippen molar-refractivity contribution in [1.82, 2.24) is 0 Å². The summed E-state index contributed by atoms with van der Waals surface area (Å²) in [6, 6.07) is 0. The molecule has 6 fully saturated rings. The van der Waals surface area contributed by atoms with E-state index in [0.29, 0.717) is 0 Å². The number of aliphatic carboxylic acids is 2. The zero-order valence-electron chi connectivity index (χ0n) is 18.6. The number of hydrogen-bond donors (Lipinski definition) is 2. The molecule has 4 bridgehead atoms. The molecule has 8 atom stereocenters. The van der Waals surface area contributed by atoms with Crippen molar-refractivity contribution >= 4 is 23.9 Å². The first-order chi connectivity index (χ1) is 15.2. The molecule has 0 amide bonds. The second kappa shape index (κ2) is 7.19. The molecule has 0 aromatic rings. The lowest BCUT2D eigenvalue weighted by molar-refractivity contribution is -0.158. The van der Waals surface area contributed by atoms with Gasteiger partial charge in [0.1, 0.15) is 0 Å². The maximum absolute atomic E-state index is 11.7. The SMILES string of the molecule is COC(=O)[C@@H]1[C@@H](C(=O)O)[C@H]2CC[C@H]1C21CC1.COC(=O)[C@H]1[C@H](C(=O)O)[C@@H]2CC[C@@H]1C21CC1. The molecule has 0 unspecified atom stereocenters. The highest BCUT2D eigenvalue weighted by Gasteiger charge is 2.73. The Bertz CT molecular complexity index is 786. The first-order valence-electron chi connectivity index (χ1n) is 11.8. The Balaban J connectivity index is 0.000000135. The van der Waals surface area contributed by atoms with Crippen molar-refractivity contribution < 1.29 is 38.9 Å². The highest BCUT2D eigenvalue weighted by atomic mass is 16.5. The molecule has 0 saturated heterocycles. The summed E-state index contributed by atoms with van der Waals surface area (Å²) in [6.07, 6.45) is 8.42. The van der Waals surface area contributed by atoms with E-state index in [-0.39, 0.29) is 58.3 Å². The molecule has 0 aromatic carbocycles. The normalized spacial score (nSPS) is 42.3. The molecule has 6 aliphatic rings. The van der Waals surface area contributed by atoms with E-state index in [1.807, 2.05) is 0 Å². The number of hydrogen-bond acceptors (Lipinski definition) is 6. The summed E-state index contributed by atoms with van der Waals surface area (Å²) in [5.74, 6) is -3.02. The van der Waals surface area contributed by atoms with Gasteiger partial charge in [-0.3, -0.25) is 19.2 Å². The topological polar surface area (TPSA) is 127 Å². The van der Waals surface area contributed by atoms with Gasteiger partial charge in [-0.05, 0) is 85.9 Å². The minimum atomic E-state index is -0.811. The van der Waals surface area contributed by atoms with E-state index in [2.05, 4.69) is 0 Å². The molecule has 8 heteroatoms. The molecule has 6 aliphatic carbocycles. The Morgan fingerprint density at radius 1 is 0.594 bits per heavy atom. The lowest BCUT2D eigenvalue weighted by atomic mass is 9.79. The quantitative estimate of drug-likeness (QED) is 0.628. The summed E-state index contributed by atoms with van der Waals surface area (Å²) in [6.45, 7) is 0. The number of ether oxygens (including phenoxy) is 2. The van der Waals surface area contributed by atoms with E-state index in [0.717, 1.165) is 51.4 Å². The third-order valence-electron chi connectivity index (χ3n) is 10.2. The molecule has 0 aromatic heterocycles. The van der Waals surface area contributed by atoms with E-state index >= 15 is 0 Å². The lowest BCUT2D eigenvalue weighted by Gasteiger charge is -2.25. The molecule has 6 saturated carbocycles.